The van der Waals surface area contributed by atoms with Gasteiger partial charge in [-0.25, -0.2) is 0 Å². The Labute approximate surface area is 104 Å². The number of hydrogen-bond acceptors (Lipinski definition) is 4. The fraction of sp³-hybridized carbons (Fsp3) is 0.333. The van der Waals surface area contributed by atoms with Gasteiger partial charge in [0, 0.05) is 4.90 Å². The van der Waals surface area contributed by atoms with Gasteiger partial charge in [-0.05, 0) is 19.1 Å². The minimum Gasteiger partial charge on any atom is -0.469 e. The van der Waals surface area contributed by atoms with Crippen LogP contribution in [0.15, 0.2) is 29.2 Å². The number of para-hydroxylation sites is 1. The van der Waals surface area contributed by atoms with Gasteiger partial charge in [0.25, 0.3) is 0 Å². The van der Waals surface area contributed by atoms with Crippen LogP contribution in [0.5, 0.6) is 0 Å². The SMILES string of the molecule is COC(=O)CC1(C)Sc2ccccc2NC1=O. The molecule has 1 aliphatic rings. The summed E-state index contributed by atoms with van der Waals surface area (Å²) in [4.78, 5) is 24.3. The van der Waals surface area contributed by atoms with Crippen molar-refractivity contribution in [2.75, 3.05) is 12.4 Å². The molecular formula is C12H13NO3S. The van der Waals surface area contributed by atoms with Crippen LogP contribution in [0.4, 0.5) is 5.69 Å². The molecule has 1 aliphatic heterocycles. The van der Waals surface area contributed by atoms with E-state index in [-0.39, 0.29) is 18.3 Å². The lowest BCUT2D eigenvalue weighted by Gasteiger charge is -2.32. The number of carbonyl (C=O) groups is 2. The van der Waals surface area contributed by atoms with Crippen molar-refractivity contribution in [3.05, 3.63) is 24.3 Å². The molecule has 1 amide bonds. The summed E-state index contributed by atoms with van der Waals surface area (Å²) in [6.45, 7) is 1.75. The molecule has 5 heteroatoms. The zero-order valence-corrected chi connectivity index (χ0v) is 10.5. The van der Waals surface area contributed by atoms with E-state index < -0.39 is 4.75 Å². The molecule has 0 spiro atoms. The first-order valence-electron chi connectivity index (χ1n) is 5.21. The van der Waals surface area contributed by atoms with Crippen LogP contribution in [0.1, 0.15) is 13.3 Å². The molecular weight excluding hydrogens is 238 g/mol. The molecule has 1 aromatic carbocycles. The van der Waals surface area contributed by atoms with Crippen molar-refractivity contribution in [3.8, 4) is 0 Å². The second kappa shape index (κ2) is 4.41. The summed E-state index contributed by atoms with van der Waals surface area (Å²) in [6.07, 6.45) is 0.0638. The highest BCUT2D eigenvalue weighted by molar-refractivity contribution is 8.01. The van der Waals surface area contributed by atoms with Crippen LogP contribution in [-0.4, -0.2) is 23.7 Å². The van der Waals surface area contributed by atoms with Gasteiger partial charge < -0.3 is 10.1 Å². The van der Waals surface area contributed by atoms with Crippen LogP contribution in [-0.2, 0) is 14.3 Å². The summed E-state index contributed by atoms with van der Waals surface area (Å²) in [6, 6.07) is 7.54. The predicted octanol–water partition coefficient (Wildman–Crippen LogP) is 2.05. The van der Waals surface area contributed by atoms with Crippen molar-refractivity contribution in [1.82, 2.24) is 0 Å². The van der Waals surface area contributed by atoms with E-state index in [2.05, 4.69) is 10.1 Å². The fourth-order valence-electron chi connectivity index (χ4n) is 1.67. The topological polar surface area (TPSA) is 55.4 Å². The van der Waals surface area contributed by atoms with Crippen LogP contribution in [0.3, 0.4) is 0 Å². The molecule has 90 valence electrons. The molecule has 0 aromatic heterocycles. The van der Waals surface area contributed by atoms with Gasteiger partial charge in [-0.1, -0.05) is 12.1 Å². The van der Waals surface area contributed by atoms with Gasteiger partial charge >= 0.3 is 5.97 Å². The van der Waals surface area contributed by atoms with Gasteiger partial charge in [0.1, 0.15) is 4.75 Å². The Morgan fingerprint density at radius 3 is 2.88 bits per heavy atom. The molecule has 1 atom stereocenters. The molecule has 0 fully saturated rings. The zero-order valence-electron chi connectivity index (χ0n) is 9.65. The van der Waals surface area contributed by atoms with E-state index in [0.717, 1.165) is 10.6 Å². The molecule has 1 unspecified atom stereocenters. The van der Waals surface area contributed by atoms with Gasteiger partial charge in [0.15, 0.2) is 0 Å². The minimum absolute atomic E-state index is 0.0638. The molecule has 0 aliphatic carbocycles. The van der Waals surface area contributed by atoms with Crippen molar-refractivity contribution in [2.45, 2.75) is 23.0 Å². The molecule has 17 heavy (non-hydrogen) atoms. The largest absolute Gasteiger partial charge is 0.469 e. The van der Waals surface area contributed by atoms with E-state index >= 15 is 0 Å². The highest BCUT2D eigenvalue weighted by Gasteiger charge is 2.41. The van der Waals surface area contributed by atoms with Crippen LogP contribution in [0, 0.1) is 0 Å². The number of benzene rings is 1. The Morgan fingerprint density at radius 1 is 1.47 bits per heavy atom. The number of methoxy groups -OCH3 is 1. The maximum atomic E-state index is 12.0. The molecule has 0 radical (unpaired) electrons. The lowest BCUT2D eigenvalue weighted by molar-refractivity contribution is -0.142. The molecule has 1 N–H and O–H groups in total. The lowest BCUT2D eigenvalue weighted by Crippen LogP contribution is -2.41. The summed E-state index contributed by atoms with van der Waals surface area (Å²) in [5.74, 6) is -0.541. The second-order valence-electron chi connectivity index (χ2n) is 4.04. The van der Waals surface area contributed by atoms with Crippen molar-refractivity contribution < 1.29 is 14.3 Å². The molecule has 1 heterocycles. The molecule has 0 saturated carbocycles. The highest BCUT2D eigenvalue weighted by atomic mass is 32.2. The minimum atomic E-state index is -0.804. The Kier molecular flexibility index (Phi) is 3.11. The van der Waals surface area contributed by atoms with Gasteiger partial charge in [-0.2, -0.15) is 0 Å². The molecule has 4 nitrogen and oxygen atoms in total. The number of hydrogen-bond donors (Lipinski definition) is 1. The van der Waals surface area contributed by atoms with Gasteiger partial charge in [0.2, 0.25) is 5.91 Å². The number of fused-ring (bicyclic) bond motifs is 1. The maximum Gasteiger partial charge on any atom is 0.307 e. The summed E-state index contributed by atoms with van der Waals surface area (Å²) < 4.78 is 3.82. The van der Waals surface area contributed by atoms with Gasteiger partial charge in [-0.3, -0.25) is 9.59 Å². The van der Waals surface area contributed by atoms with E-state index in [9.17, 15) is 9.59 Å². The second-order valence-corrected chi connectivity index (χ2v) is 5.58. The Morgan fingerprint density at radius 2 is 2.18 bits per heavy atom. The number of nitrogens with one attached hydrogen (secondary N) is 1. The van der Waals surface area contributed by atoms with E-state index in [1.165, 1.54) is 18.9 Å². The first-order valence-corrected chi connectivity index (χ1v) is 6.03. The third-order valence-corrected chi connectivity index (χ3v) is 4.02. The summed E-state index contributed by atoms with van der Waals surface area (Å²) in [5.41, 5.74) is 0.796. The fourth-order valence-corrected chi connectivity index (χ4v) is 2.86. The molecule has 1 aromatic rings. The number of ether oxygens (including phenoxy) is 1. The normalized spacial score (nSPS) is 22.6. The van der Waals surface area contributed by atoms with Crippen LogP contribution in [0.2, 0.25) is 0 Å². The van der Waals surface area contributed by atoms with Gasteiger partial charge in [0.05, 0.1) is 19.2 Å². The van der Waals surface area contributed by atoms with Crippen molar-refractivity contribution in [1.29, 1.82) is 0 Å². The standard InChI is InChI=1S/C12H13NO3S/c1-12(7-10(14)16-2)11(15)13-8-5-3-4-6-9(8)17-12/h3-6H,7H2,1-2H3,(H,13,15). The summed E-state index contributed by atoms with van der Waals surface area (Å²) in [7, 11) is 1.32. The Balaban J connectivity index is 2.27. The van der Waals surface area contributed by atoms with Crippen LogP contribution in [0.25, 0.3) is 0 Å². The highest BCUT2D eigenvalue weighted by Crippen LogP contribution is 2.43. The Hall–Kier alpha value is -1.49. The Bertz CT molecular complexity index is 475. The monoisotopic (exact) mass is 251 g/mol. The number of rotatable bonds is 2. The van der Waals surface area contributed by atoms with Crippen LogP contribution < -0.4 is 5.32 Å². The molecule has 0 bridgehead atoms. The number of esters is 1. The van der Waals surface area contributed by atoms with Crippen molar-refractivity contribution in [2.24, 2.45) is 0 Å². The summed E-state index contributed by atoms with van der Waals surface area (Å²) in [5, 5.41) is 2.81. The maximum absolute atomic E-state index is 12.0. The van der Waals surface area contributed by atoms with Crippen molar-refractivity contribution in [3.63, 3.8) is 0 Å². The molecule has 2 rings (SSSR count). The average molecular weight is 251 g/mol. The number of thioether (sulfide) groups is 1. The average Bonchev–Trinajstić information content (AvgIpc) is 2.30. The number of amides is 1. The van der Waals surface area contributed by atoms with E-state index in [4.69, 9.17) is 0 Å². The van der Waals surface area contributed by atoms with Gasteiger partial charge in [-0.15, -0.1) is 11.8 Å². The third kappa shape index (κ3) is 2.29. The van der Waals surface area contributed by atoms with E-state index in [1.807, 2.05) is 24.3 Å². The van der Waals surface area contributed by atoms with Crippen molar-refractivity contribution >= 4 is 29.3 Å². The molecule has 0 saturated heterocycles. The number of carbonyl (C=O) groups excluding carboxylic acids is 2. The smallest absolute Gasteiger partial charge is 0.307 e. The lowest BCUT2D eigenvalue weighted by atomic mass is 10.1. The third-order valence-electron chi connectivity index (χ3n) is 2.66. The summed E-state index contributed by atoms with van der Waals surface area (Å²) >= 11 is 1.40. The first kappa shape index (κ1) is 12.0. The zero-order chi connectivity index (χ0) is 12.5. The first-order chi connectivity index (χ1) is 8.05. The quantitative estimate of drug-likeness (QED) is 0.817. The predicted molar refractivity (Wildman–Crippen MR) is 66.0 cm³/mol. The number of anilines is 1. The van der Waals surface area contributed by atoms with E-state index in [0.29, 0.717) is 0 Å². The van der Waals surface area contributed by atoms with Crippen LogP contribution >= 0.6 is 11.8 Å². The van der Waals surface area contributed by atoms with E-state index in [1.54, 1.807) is 6.92 Å².